The van der Waals surface area contributed by atoms with Crippen molar-refractivity contribution in [3.63, 3.8) is 0 Å². The summed E-state index contributed by atoms with van der Waals surface area (Å²) < 4.78 is 16.1. The van der Waals surface area contributed by atoms with Gasteiger partial charge in [0.05, 0.1) is 10.9 Å². The molecule has 116 valence electrons. The lowest BCUT2D eigenvalue weighted by Crippen LogP contribution is -2.32. The van der Waals surface area contributed by atoms with Gasteiger partial charge in [-0.15, -0.1) is 10.9 Å². The highest BCUT2D eigenvalue weighted by molar-refractivity contribution is 7.91. The van der Waals surface area contributed by atoms with Gasteiger partial charge in [-0.3, -0.25) is 4.79 Å². The molecule has 1 amide bonds. The van der Waals surface area contributed by atoms with Crippen molar-refractivity contribution >= 4 is 15.8 Å². The van der Waals surface area contributed by atoms with E-state index in [2.05, 4.69) is 10.9 Å². The van der Waals surface area contributed by atoms with Crippen LogP contribution in [0.4, 0.5) is 0 Å². The zero-order chi connectivity index (χ0) is 16.0. The molecule has 1 aromatic carbocycles. The maximum atomic E-state index is 12.5. The molecule has 2 atom stereocenters. The lowest BCUT2D eigenvalue weighted by atomic mass is 10.0. The lowest BCUT2D eigenvalue weighted by Gasteiger charge is -2.11. The van der Waals surface area contributed by atoms with Crippen molar-refractivity contribution < 1.29 is 9.00 Å². The van der Waals surface area contributed by atoms with Crippen LogP contribution in [0.1, 0.15) is 25.8 Å². The minimum atomic E-state index is -3.27. The molecular formula is C15H23N3O2S. The fourth-order valence-electron chi connectivity index (χ4n) is 1.88. The molecule has 0 bridgehead atoms. The van der Waals surface area contributed by atoms with Crippen LogP contribution < -0.4 is 10.9 Å². The Kier molecular flexibility index (Phi) is 6.26. The zero-order valence-corrected chi connectivity index (χ0v) is 13.3. The van der Waals surface area contributed by atoms with E-state index in [1.165, 1.54) is 0 Å². The topological polar surface area (TPSA) is 98.5 Å². The monoisotopic (exact) mass is 309 g/mol. The molecule has 1 unspecified atom stereocenters. The molecule has 1 rings (SSSR count). The molecule has 4 N–H and O–H groups in total. The molecule has 5 nitrogen and oxygen atoms in total. The minimum Gasteiger partial charge on any atom is -0.320 e. The van der Waals surface area contributed by atoms with Gasteiger partial charge >= 0.3 is 0 Å². The number of hydrogen-bond donors (Lipinski definition) is 2. The fraction of sp³-hybridized carbons (Fsp3) is 0.400. The van der Waals surface area contributed by atoms with Gasteiger partial charge in [0, 0.05) is 0 Å². The third-order valence-electron chi connectivity index (χ3n) is 2.88. The number of benzene rings is 1. The van der Waals surface area contributed by atoms with Crippen molar-refractivity contribution in [3.8, 4) is 0 Å². The van der Waals surface area contributed by atoms with E-state index in [0.717, 1.165) is 5.56 Å². The molecule has 1 aromatic rings. The van der Waals surface area contributed by atoms with Crippen molar-refractivity contribution in [1.29, 1.82) is 0 Å². The Morgan fingerprint density at radius 2 is 2.14 bits per heavy atom. The average molecular weight is 309 g/mol. The number of nitrogens with two attached hydrogens (primary N) is 2. The van der Waals surface area contributed by atoms with Gasteiger partial charge in [0.2, 0.25) is 0 Å². The van der Waals surface area contributed by atoms with Crippen molar-refractivity contribution in [2.45, 2.75) is 37.6 Å². The van der Waals surface area contributed by atoms with Gasteiger partial charge in [-0.25, -0.2) is 9.35 Å². The van der Waals surface area contributed by atoms with Crippen LogP contribution in [0.25, 0.3) is 0 Å². The highest BCUT2D eigenvalue weighted by Gasteiger charge is 2.17. The Bertz CT molecular complexity index is 632. The first kappa shape index (κ1) is 17.6. The molecule has 0 saturated carbocycles. The van der Waals surface area contributed by atoms with Crippen LogP contribution >= 0.6 is 0 Å². The van der Waals surface area contributed by atoms with Crippen LogP contribution in [0.3, 0.4) is 0 Å². The minimum absolute atomic E-state index is 0.254. The molecule has 0 radical (unpaired) electrons. The molecular weight excluding hydrogens is 286 g/mol. The second-order valence-corrected chi connectivity index (χ2v) is 7.17. The van der Waals surface area contributed by atoms with Gasteiger partial charge in [-0.05, 0) is 36.5 Å². The van der Waals surface area contributed by atoms with Gasteiger partial charge in [0.1, 0.15) is 9.92 Å². The molecule has 0 aliphatic rings. The molecule has 21 heavy (non-hydrogen) atoms. The SMILES string of the molecule is C=CCc1cccc(S(N)(=O)=NC(=O)[C@@H](N)CC(C)C)c1. The Morgan fingerprint density at radius 1 is 1.48 bits per heavy atom. The van der Waals surface area contributed by atoms with Gasteiger partial charge in [-0.2, -0.15) is 0 Å². The first-order valence-electron chi connectivity index (χ1n) is 6.80. The predicted octanol–water partition coefficient (Wildman–Crippen LogP) is 2.02. The van der Waals surface area contributed by atoms with Crippen molar-refractivity contribution in [1.82, 2.24) is 0 Å². The average Bonchev–Trinajstić information content (AvgIpc) is 2.38. The third kappa shape index (κ3) is 5.41. The standard InChI is InChI=1S/C15H23N3O2S/c1-4-6-12-7-5-8-13(10-12)21(17,20)18-15(19)14(16)9-11(2)3/h4-5,7-8,10-11,14H,1,6,9,16H2,2-3H3,(H2,17,18,19,20)/t14-,21?/m0/s1. The third-order valence-corrected chi connectivity index (χ3v) is 4.26. The highest BCUT2D eigenvalue weighted by atomic mass is 32.2. The Morgan fingerprint density at radius 3 is 2.71 bits per heavy atom. The summed E-state index contributed by atoms with van der Waals surface area (Å²) in [4.78, 5) is 12.2. The molecule has 6 heteroatoms. The predicted molar refractivity (Wildman–Crippen MR) is 85.8 cm³/mol. The van der Waals surface area contributed by atoms with Crippen molar-refractivity contribution in [2.75, 3.05) is 0 Å². The van der Waals surface area contributed by atoms with E-state index in [1.54, 1.807) is 24.3 Å². The summed E-state index contributed by atoms with van der Waals surface area (Å²) in [6.07, 6.45) is 2.84. The summed E-state index contributed by atoms with van der Waals surface area (Å²) in [7, 11) is -3.27. The van der Waals surface area contributed by atoms with E-state index in [-0.39, 0.29) is 5.92 Å². The fourth-order valence-corrected chi connectivity index (χ4v) is 2.99. The number of rotatable bonds is 6. The second kappa shape index (κ2) is 7.49. The normalized spacial score (nSPS) is 15.3. The maximum absolute atomic E-state index is 12.5. The van der Waals surface area contributed by atoms with Crippen LogP contribution in [0.5, 0.6) is 0 Å². The van der Waals surface area contributed by atoms with Crippen LogP contribution in [0.15, 0.2) is 46.2 Å². The second-order valence-electron chi connectivity index (χ2n) is 5.37. The number of hydrogen-bond acceptors (Lipinski definition) is 3. The maximum Gasteiger partial charge on any atom is 0.271 e. The van der Waals surface area contributed by atoms with E-state index in [0.29, 0.717) is 17.7 Å². The number of carbonyl (C=O) groups is 1. The van der Waals surface area contributed by atoms with Crippen molar-refractivity contribution in [2.24, 2.45) is 21.2 Å². The number of carbonyl (C=O) groups excluding carboxylic acids is 1. The molecule has 0 saturated heterocycles. The molecule has 0 aromatic heterocycles. The highest BCUT2D eigenvalue weighted by Crippen LogP contribution is 2.14. The summed E-state index contributed by atoms with van der Waals surface area (Å²) in [5, 5.41) is 5.73. The van der Waals surface area contributed by atoms with E-state index in [9.17, 15) is 9.00 Å². The van der Waals surface area contributed by atoms with E-state index >= 15 is 0 Å². The summed E-state index contributed by atoms with van der Waals surface area (Å²) in [5.41, 5.74) is 6.66. The molecule has 0 spiro atoms. The van der Waals surface area contributed by atoms with Gasteiger partial charge < -0.3 is 5.73 Å². The summed E-state index contributed by atoms with van der Waals surface area (Å²) in [5.74, 6) is -0.366. The van der Waals surface area contributed by atoms with Crippen LogP contribution in [-0.2, 0) is 21.1 Å². The quantitative estimate of drug-likeness (QED) is 0.786. The van der Waals surface area contributed by atoms with E-state index in [4.69, 9.17) is 10.9 Å². The summed E-state index contributed by atoms with van der Waals surface area (Å²) in [6, 6.07) is 6.10. The van der Waals surface area contributed by atoms with Gasteiger partial charge in [0.15, 0.2) is 0 Å². The molecule has 0 heterocycles. The number of amides is 1. The van der Waals surface area contributed by atoms with Crippen LogP contribution in [0.2, 0.25) is 0 Å². The first-order valence-corrected chi connectivity index (χ1v) is 8.38. The first-order chi connectivity index (χ1) is 9.76. The van der Waals surface area contributed by atoms with Gasteiger partial charge in [0.25, 0.3) is 5.91 Å². The Hall–Kier alpha value is -1.50. The number of nitrogens with zero attached hydrogens (tertiary/aromatic N) is 1. The summed E-state index contributed by atoms with van der Waals surface area (Å²) in [6.45, 7) is 7.55. The van der Waals surface area contributed by atoms with Crippen LogP contribution in [0, 0.1) is 5.92 Å². The molecule has 0 aliphatic carbocycles. The zero-order valence-electron chi connectivity index (χ0n) is 12.5. The van der Waals surface area contributed by atoms with Crippen LogP contribution in [-0.4, -0.2) is 16.2 Å². The van der Waals surface area contributed by atoms with E-state index in [1.807, 2.05) is 19.9 Å². The molecule has 0 fully saturated rings. The van der Waals surface area contributed by atoms with Crippen molar-refractivity contribution in [3.05, 3.63) is 42.5 Å². The lowest BCUT2D eigenvalue weighted by molar-refractivity contribution is -0.119. The smallest absolute Gasteiger partial charge is 0.271 e. The Balaban J connectivity index is 3.06. The van der Waals surface area contributed by atoms with E-state index < -0.39 is 21.9 Å². The Labute approximate surface area is 126 Å². The summed E-state index contributed by atoms with van der Waals surface area (Å²) >= 11 is 0. The largest absolute Gasteiger partial charge is 0.320 e. The molecule has 0 aliphatic heterocycles. The van der Waals surface area contributed by atoms with Gasteiger partial charge in [-0.1, -0.05) is 32.1 Å². The number of allylic oxidation sites excluding steroid dienone is 1.